The Morgan fingerprint density at radius 1 is 1.60 bits per heavy atom. The molecule has 0 aliphatic carbocycles. The van der Waals surface area contributed by atoms with E-state index in [1.54, 1.807) is 0 Å². The molecule has 0 radical (unpaired) electrons. The maximum absolute atomic E-state index is 12.1. The van der Waals surface area contributed by atoms with Crippen LogP contribution < -0.4 is 11.1 Å². The zero-order chi connectivity index (χ0) is 14.7. The van der Waals surface area contributed by atoms with Gasteiger partial charge in [-0.1, -0.05) is 20.8 Å². The molecule has 4 N–H and O–H groups in total. The smallest absolute Gasteiger partial charge is 0.273 e. The first-order chi connectivity index (χ1) is 9.52. The number of carbonyl (C=O) groups is 1. The summed E-state index contributed by atoms with van der Waals surface area (Å²) in [4.78, 5) is 14.5. The molecule has 0 bridgehead atoms. The Balaban J connectivity index is 1.89. The molecule has 6 heteroatoms. The number of aromatic amines is 1. The average molecular weight is 279 g/mol. The van der Waals surface area contributed by atoms with E-state index in [1.165, 1.54) is 0 Å². The van der Waals surface area contributed by atoms with Gasteiger partial charge in [0.25, 0.3) is 5.91 Å². The van der Waals surface area contributed by atoms with Crippen molar-refractivity contribution in [1.82, 2.24) is 20.4 Å². The zero-order valence-electron chi connectivity index (χ0n) is 12.6. The highest BCUT2D eigenvalue weighted by atomic mass is 16.1. The largest absolute Gasteiger partial charge is 0.395 e. The number of amides is 1. The first-order valence-corrected chi connectivity index (χ1v) is 7.37. The first-order valence-electron chi connectivity index (χ1n) is 7.37. The van der Waals surface area contributed by atoms with Crippen LogP contribution in [0.15, 0.2) is 0 Å². The lowest BCUT2D eigenvalue weighted by atomic mass is 10.1. The van der Waals surface area contributed by atoms with Gasteiger partial charge in [-0.25, -0.2) is 0 Å². The van der Waals surface area contributed by atoms with Gasteiger partial charge >= 0.3 is 0 Å². The molecule has 20 heavy (non-hydrogen) atoms. The number of nitrogen functional groups attached to an aromatic ring is 1. The van der Waals surface area contributed by atoms with Crippen molar-refractivity contribution in [2.75, 3.05) is 31.9 Å². The predicted molar refractivity (Wildman–Crippen MR) is 79.6 cm³/mol. The third-order valence-electron chi connectivity index (χ3n) is 3.99. The molecule has 2 rings (SSSR count). The van der Waals surface area contributed by atoms with Crippen LogP contribution in [0.5, 0.6) is 0 Å². The molecule has 112 valence electrons. The van der Waals surface area contributed by atoms with Crippen LogP contribution in [0, 0.1) is 5.92 Å². The van der Waals surface area contributed by atoms with Crippen molar-refractivity contribution >= 4 is 11.6 Å². The van der Waals surface area contributed by atoms with Gasteiger partial charge < -0.3 is 16.0 Å². The monoisotopic (exact) mass is 279 g/mol. The van der Waals surface area contributed by atoms with Gasteiger partial charge in [0.1, 0.15) is 0 Å². The minimum atomic E-state index is -0.180. The molecular weight excluding hydrogens is 254 g/mol. The Morgan fingerprint density at radius 2 is 2.35 bits per heavy atom. The van der Waals surface area contributed by atoms with E-state index in [1.807, 2.05) is 13.8 Å². The van der Waals surface area contributed by atoms with Crippen molar-refractivity contribution in [3.05, 3.63) is 11.4 Å². The van der Waals surface area contributed by atoms with Crippen LogP contribution in [0.4, 0.5) is 5.69 Å². The van der Waals surface area contributed by atoms with Crippen LogP contribution in [0.2, 0.25) is 0 Å². The van der Waals surface area contributed by atoms with Gasteiger partial charge in [-0.05, 0) is 31.3 Å². The summed E-state index contributed by atoms with van der Waals surface area (Å²) < 4.78 is 0. The van der Waals surface area contributed by atoms with Gasteiger partial charge in [0, 0.05) is 13.1 Å². The topological polar surface area (TPSA) is 87.0 Å². The molecule has 1 atom stereocenters. The number of nitrogens with two attached hydrogens (primary N) is 1. The molecule has 1 aliphatic rings. The molecule has 1 aromatic rings. The first kappa shape index (κ1) is 14.8. The second-order valence-electron chi connectivity index (χ2n) is 5.81. The van der Waals surface area contributed by atoms with Gasteiger partial charge in [0.05, 0.1) is 11.4 Å². The molecule has 6 nitrogen and oxygen atoms in total. The number of hydrogen-bond donors (Lipinski definition) is 3. The summed E-state index contributed by atoms with van der Waals surface area (Å²) in [6.45, 7) is 10.2. The molecule has 1 amide bonds. The van der Waals surface area contributed by atoms with E-state index in [4.69, 9.17) is 5.73 Å². The van der Waals surface area contributed by atoms with Gasteiger partial charge in [-0.15, -0.1) is 0 Å². The lowest BCUT2D eigenvalue weighted by molar-refractivity contribution is 0.0943. The molecule has 1 aliphatic heterocycles. The van der Waals surface area contributed by atoms with E-state index >= 15 is 0 Å². The summed E-state index contributed by atoms with van der Waals surface area (Å²) in [5.41, 5.74) is 7.59. The standard InChI is InChI=1S/C14H25N5O/c1-4-19-6-5-10(8-19)7-16-14(20)13-11(15)12(9(2)3)17-18-13/h9-10H,4-8,15H2,1-3H3,(H,16,20)(H,17,18). The fourth-order valence-corrected chi connectivity index (χ4v) is 2.66. The maximum Gasteiger partial charge on any atom is 0.273 e. The minimum Gasteiger partial charge on any atom is -0.395 e. The van der Waals surface area contributed by atoms with Crippen LogP contribution in [-0.2, 0) is 0 Å². The van der Waals surface area contributed by atoms with Gasteiger partial charge in [-0.2, -0.15) is 5.10 Å². The Labute approximate surface area is 120 Å². The fourth-order valence-electron chi connectivity index (χ4n) is 2.66. The second-order valence-corrected chi connectivity index (χ2v) is 5.81. The number of aromatic nitrogens is 2. The minimum absolute atomic E-state index is 0.180. The van der Waals surface area contributed by atoms with Crippen LogP contribution in [0.25, 0.3) is 0 Å². The Bertz CT molecular complexity index is 468. The Morgan fingerprint density at radius 3 is 2.90 bits per heavy atom. The lowest BCUT2D eigenvalue weighted by Crippen LogP contribution is -2.31. The second kappa shape index (κ2) is 6.26. The van der Waals surface area contributed by atoms with Gasteiger partial charge in [0.2, 0.25) is 0 Å². The number of H-pyrrole nitrogens is 1. The SMILES string of the molecule is CCN1CCC(CNC(=O)c2n[nH]c(C(C)C)c2N)C1. The maximum atomic E-state index is 12.1. The highest BCUT2D eigenvalue weighted by molar-refractivity contribution is 5.97. The Kier molecular flexibility index (Phi) is 4.65. The number of carbonyl (C=O) groups excluding carboxylic acids is 1. The third-order valence-corrected chi connectivity index (χ3v) is 3.99. The summed E-state index contributed by atoms with van der Waals surface area (Å²) >= 11 is 0. The summed E-state index contributed by atoms with van der Waals surface area (Å²) in [6.07, 6.45) is 1.14. The number of nitrogens with zero attached hydrogens (tertiary/aromatic N) is 2. The number of anilines is 1. The molecule has 0 saturated carbocycles. The van der Waals surface area contributed by atoms with E-state index in [9.17, 15) is 4.79 Å². The highest BCUT2D eigenvalue weighted by Gasteiger charge is 2.23. The number of nitrogens with one attached hydrogen (secondary N) is 2. The molecule has 0 spiro atoms. The van der Waals surface area contributed by atoms with E-state index < -0.39 is 0 Å². The van der Waals surface area contributed by atoms with Crippen molar-refractivity contribution in [1.29, 1.82) is 0 Å². The van der Waals surface area contributed by atoms with Crippen molar-refractivity contribution < 1.29 is 4.79 Å². The molecule has 2 heterocycles. The predicted octanol–water partition coefficient (Wildman–Crippen LogP) is 1.19. The molecule has 1 saturated heterocycles. The molecule has 1 fully saturated rings. The van der Waals surface area contributed by atoms with E-state index in [0.717, 1.165) is 31.7 Å². The number of likely N-dealkylation sites (tertiary alicyclic amines) is 1. The zero-order valence-corrected chi connectivity index (χ0v) is 12.6. The molecule has 0 aromatic carbocycles. The van der Waals surface area contributed by atoms with Crippen molar-refractivity contribution in [3.63, 3.8) is 0 Å². The van der Waals surface area contributed by atoms with Gasteiger partial charge in [-0.3, -0.25) is 9.89 Å². The van der Waals surface area contributed by atoms with Crippen LogP contribution >= 0.6 is 0 Å². The van der Waals surface area contributed by atoms with Crippen molar-refractivity contribution in [3.8, 4) is 0 Å². The Hall–Kier alpha value is -1.56. The van der Waals surface area contributed by atoms with Crippen LogP contribution in [-0.4, -0.2) is 47.2 Å². The highest BCUT2D eigenvalue weighted by Crippen LogP contribution is 2.22. The van der Waals surface area contributed by atoms with Crippen molar-refractivity contribution in [2.45, 2.75) is 33.1 Å². The van der Waals surface area contributed by atoms with E-state index in [2.05, 4.69) is 27.3 Å². The van der Waals surface area contributed by atoms with Crippen molar-refractivity contribution in [2.24, 2.45) is 5.92 Å². The normalized spacial score (nSPS) is 19.7. The molecular formula is C14H25N5O. The summed E-state index contributed by atoms with van der Waals surface area (Å²) in [7, 11) is 0. The number of rotatable bonds is 5. The third kappa shape index (κ3) is 3.12. The van der Waals surface area contributed by atoms with Crippen LogP contribution in [0.1, 0.15) is 49.3 Å². The van der Waals surface area contributed by atoms with Gasteiger partial charge in [0.15, 0.2) is 5.69 Å². The summed E-state index contributed by atoms with van der Waals surface area (Å²) in [5.74, 6) is 0.584. The van der Waals surface area contributed by atoms with E-state index in [0.29, 0.717) is 23.8 Å². The quantitative estimate of drug-likeness (QED) is 0.755. The fraction of sp³-hybridized carbons (Fsp3) is 0.714. The molecule has 1 unspecified atom stereocenters. The van der Waals surface area contributed by atoms with E-state index in [-0.39, 0.29) is 11.8 Å². The average Bonchev–Trinajstić information content (AvgIpc) is 3.02. The van der Waals surface area contributed by atoms with Crippen LogP contribution in [0.3, 0.4) is 0 Å². The molecule has 1 aromatic heterocycles. The number of hydrogen-bond acceptors (Lipinski definition) is 4. The lowest BCUT2D eigenvalue weighted by Gasteiger charge is -2.13. The summed E-state index contributed by atoms with van der Waals surface area (Å²) in [6, 6.07) is 0. The summed E-state index contributed by atoms with van der Waals surface area (Å²) in [5, 5.41) is 9.85.